The fourth-order valence-corrected chi connectivity index (χ4v) is 4.25. The fourth-order valence-electron chi connectivity index (χ4n) is 2.65. The first-order valence-electron chi connectivity index (χ1n) is 8.67. The van der Waals surface area contributed by atoms with Crippen LogP contribution in [-0.4, -0.2) is 20.9 Å². The van der Waals surface area contributed by atoms with Crippen molar-refractivity contribution in [2.45, 2.75) is 11.8 Å². The van der Waals surface area contributed by atoms with Gasteiger partial charge in [-0.15, -0.1) is 0 Å². The monoisotopic (exact) mass is 432 g/mol. The van der Waals surface area contributed by atoms with E-state index in [9.17, 15) is 17.6 Å². The first-order chi connectivity index (χ1) is 13.8. The van der Waals surface area contributed by atoms with Crippen LogP contribution in [0.25, 0.3) is 0 Å². The zero-order valence-electron chi connectivity index (χ0n) is 15.5. The molecule has 0 unspecified atom stereocenters. The summed E-state index contributed by atoms with van der Waals surface area (Å²) in [5, 5.41) is 2.40. The average molecular weight is 433 g/mol. The third-order valence-corrected chi connectivity index (χ3v) is 6.22. The molecule has 3 aromatic rings. The molecule has 0 aliphatic carbocycles. The number of nitrogens with one attached hydrogen (secondary N) is 1. The van der Waals surface area contributed by atoms with Crippen molar-refractivity contribution in [3.8, 4) is 0 Å². The van der Waals surface area contributed by atoms with E-state index >= 15 is 0 Å². The van der Waals surface area contributed by atoms with E-state index < -0.39 is 28.3 Å². The van der Waals surface area contributed by atoms with E-state index in [-0.39, 0.29) is 15.6 Å². The number of halogens is 2. The van der Waals surface area contributed by atoms with Gasteiger partial charge in [-0.1, -0.05) is 47.5 Å². The number of anilines is 2. The second-order valence-corrected chi connectivity index (χ2v) is 8.61. The Balaban J connectivity index is 1.91. The number of hydrogen-bond acceptors (Lipinski definition) is 3. The van der Waals surface area contributed by atoms with Gasteiger partial charge in [0.25, 0.3) is 10.0 Å². The lowest BCUT2D eigenvalue weighted by Crippen LogP contribution is -2.38. The van der Waals surface area contributed by atoms with Gasteiger partial charge in [-0.2, -0.15) is 0 Å². The zero-order valence-corrected chi connectivity index (χ0v) is 17.0. The van der Waals surface area contributed by atoms with Gasteiger partial charge in [-0.25, -0.2) is 12.8 Å². The zero-order chi connectivity index (χ0) is 21.0. The lowest BCUT2D eigenvalue weighted by atomic mass is 10.2. The molecule has 0 aromatic heterocycles. The van der Waals surface area contributed by atoms with Crippen molar-refractivity contribution in [2.75, 3.05) is 16.2 Å². The summed E-state index contributed by atoms with van der Waals surface area (Å²) >= 11 is 5.73. The van der Waals surface area contributed by atoms with Crippen LogP contribution in [0.1, 0.15) is 5.56 Å². The predicted octanol–water partition coefficient (Wildman–Crippen LogP) is 4.62. The summed E-state index contributed by atoms with van der Waals surface area (Å²) in [4.78, 5) is 12.6. The number of carbonyl (C=O) groups is 1. The van der Waals surface area contributed by atoms with Gasteiger partial charge in [0.15, 0.2) is 0 Å². The van der Waals surface area contributed by atoms with Crippen LogP contribution in [0.3, 0.4) is 0 Å². The first-order valence-corrected chi connectivity index (χ1v) is 10.5. The molecule has 8 heteroatoms. The molecule has 3 rings (SSSR count). The van der Waals surface area contributed by atoms with Gasteiger partial charge in [0.1, 0.15) is 12.4 Å². The number of carbonyl (C=O) groups excluding carboxylic acids is 1. The van der Waals surface area contributed by atoms with E-state index in [4.69, 9.17) is 11.6 Å². The van der Waals surface area contributed by atoms with Gasteiger partial charge in [-0.3, -0.25) is 9.10 Å². The number of para-hydroxylation sites is 1. The Morgan fingerprint density at radius 3 is 2.31 bits per heavy atom. The molecule has 0 atom stereocenters. The van der Waals surface area contributed by atoms with Crippen LogP contribution in [0.4, 0.5) is 15.8 Å². The highest BCUT2D eigenvalue weighted by atomic mass is 35.5. The summed E-state index contributed by atoms with van der Waals surface area (Å²) in [7, 11) is -3.99. The summed E-state index contributed by atoms with van der Waals surface area (Å²) in [5.74, 6) is -1.20. The molecular weight excluding hydrogens is 415 g/mol. The first kappa shape index (κ1) is 20.8. The lowest BCUT2D eigenvalue weighted by molar-refractivity contribution is -0.114. The lowest BCUT2D eigenvalue weighted by Gasteiger charge is -2.24. The third kappa shape index (κ3) is 4.93. The molecule has 1 N–H and O–H groups in total. The molecule has 150 valence electrons. The number of benzene rings is 3. The molecule has 0 saturated heterocycles. The van der Waals surface area contributed by atoms with Crippen LogP contribution in [0.15, 0.2) is 77.7 Å². The third-order valence-electron chi connectivity index (χ3n) is 4.14. The normalized spacial score (nSPS) is 11.1. The van der Waals surface area contributed by atoms with E-state index in [1.165, 1.54) is 24.3 Å². The maximum atomic E-state index is 13.3. The number of sulfonamides is 1. The van der Waals surface area contributed by atoms with Crippen molar-refractivity contribution in [3.05, 3.63) is 89.2 Å². The number of aryl methyl sites for hydroxylation is 1. The molecule has 0 aliphatic rings. The van der Waals surface area contributed by atoms with Crippen LogP contribution in [0, 0.1) is 12.7 Å². The van der Waals surface area contributed by atoms with Crippen LogP contribution in [0.5, 0.6) is 0 Å². The van der Waals surface area contributed by atoms with E-state index in [0.717, 1.165) is 15.9 Å². The highest BCUT2D eigenvalue weighted by Crippen LogP contribution is 2.24. The summed E-state index contributed by atoms with van der Waals surface area (Å²) < 4.78 is 40.7. The van der Waals surface area contributed by atoms with Crippen molar-refractivity contribution in [1.29, 1.82) is 0 Å². The van der Waals surface area contributed by atoms with Crippen LogP contribution < -0.4 is 9.62 Å². The standard InChI is InChI=1S/C21H18ClFN2O3S/c1-15-7-10-18(11-8-15)29(27,28)25(17-5-3-2-4-6-17)14-21(26)24-16-9-12-20(23)19(22)13-16/h2-13H,14H2,1H3,(H,24,26). The van der Waals surface area contributed by atoms with Gasteiger partial charge in [0.2, 0.25) is 5.91 Å². The molecule has 0 aliphatic heterocycles. The molecule has 0 heterocycles. The Kier molecular flexibility index (Phi) is 6.20. The Bertz CT molecular complexity index is 1120. The van der Waals surface area contributed by atoms with Gasteiger partial charge in [0.05, 0.1) is 15.6 Å². The van der Waals surface area contributed by atoms with Crippen molar-refractivity contribution in [1.82, 2.24) is 0 Å². The summed E-state index contributed by atoms with van der Waals surface area (Å²) in [6.45, 7) is 1.39. The Hall–Kier alpha value is -2.90. The van der Waals surface area contributed by atoms with Gasteiger partial charge < -0.3 is 5.32 Å². The second kappa shape index (κ2) is 8.63. The molecule has 0 bridgehead atoms. The number of rotatable bonds is 6. The summed E-state index contributed by atoms with van der Waals surface area (Å²) in [6.07, 6.45) is 0. The van der Waals surface area contributed by atoms with E-state index in [1.807, 2.05) is 6.92 Å². The topological polar surface area (TPSA) is 66.5 Å². The maximum absolute atomic E-state index is 13.3. The number of amides is 1. The van der Waals surface area contributed by atoms with Crippen molar-refractivity contribution in [2.24, 2.45) is 0 Å². The van der Waals surface area contributed by atoms with Crippen molar-refractivity contribution < 1.29 is 17.6 Å². The predicted molar refractivity (Wildman–Crippen MR) is 112 cm³/mol. The smallest absolute Gasteiger partial charge is 0.264 e. The minimum atomic E-state index is -3.99. The van der Waals surface area contributed by atoms with Crippen LogP contribution in [-0.2, 0) is 14.8 Å². The largest absolute Gasteiger partial charge is 0.324 e. The van der Waals surface area contributed by atoms with E-state index in [1.54, 1.807) is 42.5 Å². The van der Waals surface area contributed by atoms with Gasteiger partial charge in [-0.05, 0) is 49.4 Å². The molecule has 0 spiro atoms. The molecule has 0 fully saturated rings. The second-order valence-electron chi connectivity index (χ2n) is 6.34. The van der Waals surface area contributed by atoms with E-state index in [2.05, 4.69) is 5.32 Å². The highest BCUT2D eigenvalue weighted by Gasteiger charge is 2.27. The molecule has 1 amide bonds. The SMILES string of the molecule is Cc1ccc(S(=O)(=O)N(CC(=O)Nc2ccc(F)c(Cl)c2)c2ccccc2)cc1. The Morgan fingerprint density at radius 1 is 1.03 bits per heavy atom. The Labute approximate surface area is 173 Å². The quantitative estimate of drug-likeness (QED) is 0.618. The van der Waals surface area contributed by atoms with Crippen molar-refractivity contribution in [3.63, 3.8) is 0 Å². The number of nitrogens with zero attached hydrogens (tertiary/aromatic N) is 1. The van der Waals surface area contributed by atoms with E-state index in [0.29, 0.717) is 5.69 Å². The molecule has 3 aromatic carbocycles. The molecule has 0 radical (unpaired) electrons. The molecule has 29 heavy (non-hydrogen) atoms. The highest BCUT2D eigenvalue weighted by molar-refractivity contribution is 7.92. The van der Waals surface area contributed by atoms with Crippen LogP contribution >= 0.6 is 11.6 Å². The average Bonchev–Trinajstić information content (AvgIpc) is 2.70. The van der Waals surface area contributed by atoms with Crippen LogP contribution in [0.2, 0.25) is 5.02 Å². The number of hydrogen-bond donors (Lipinski definition) is 1. The molecular formula is C21H18ClFN2O3S. The summed E-state index contributed by atoms with van der Waals surface area (Å²) in [6, 6.07) is 18.4. The molecule has 5 nitrogen and oxygen atoms in total. The van der Waals surface area contributed by atoms with Gasteiger partial charge >= 0.3 is 0 Å². The summed E-state index contributed by atoms with van der Waals surface area (Å²) in [5.41, 5.74) is 1.53. The minimum Gasteiger partial charge on any atom is -0.324 e. The fraction of sp³-hybridized carbons (Fsp3) is 0.0952. The Morgan fingerprint density at radius 2 is 1.69 bits per heavy atom. The molecule has 0 saturated carbocycles. The maximum Gasteiger partial charge on any atom is 0.264 e. The van der Waals surface area contributed by atoms with Crippen molar-refractivity contribution >= 4 is 38.9 Å². The minimum absolute atomic E-state index is 0.0737. The van der Waals surface area contributed by atoms with Gasteiger partial charge in [0, 0.05) is 5.69 Å².